The average molecular weight is 519 g/mol. The van der Waals surface area contributed by atoms with Crippen molar-refractivity contribution in [1.82, 2.24) is 14.9 Å². The minimum Gasteiger partial charge on any atom is -0.457 e. The lowest BCUT2D eigenvalue weighted by Crippen LogP contribution is -2.42. The van der Waals surface area contributed by atoms with Crippen LogP contribution >= 0.6 is 0 Å². The lowest BCUT2D eigenvalue weighted by atomic mass is 10.0. The lowest BCUT2D eigenvalue weighted by Gasteiger charge is -2.29. The number of carbonyl (C=O) groups is 1. The van der Waals surface area contributed by atoms with Crippen molar-refractivity contribution in [1.29, 1.82) is 5.41 Å². The zero-order valence-electron chi connectivity index (χ0n) is 22.8. The number of hydrogen-bond acceptors (Lipinski definition) is 8. The van der Waals surface area contributed by atoms with Gasteiger partial charge in [0, 0.05) is 18.7 Å². The highest BCUT2D eigenvalue weighted by Gasteiger charge is 2.32. The molecular weight excluding hydrogens is 480 g/mol. The van der Waals surface area contributed by atoms with E-state index in [1.54, 1.807) is 29.2 Å². The maximum absolute atomic E-state index is 12.6. The number of nitrogens with one attached hydrogen (secondary N) is 2. The molecule has 3 aromatic rings. The van der Waals surface area contributed by atoms with E-state index in [-0.39, 0.29) is 23.7 Å². The zero-order chi connectivity index (χ0) is 27.7. The van der Waals surface area contributed by atoms with Gasteiger partial charge >= 0.3 is 6.09 Å². The van der Waals surface area contributed by atoms with Crippen molar-refractivity contribution in [3.63, 3.8) is 0 Å². The molecule has 0 aliphatic carbocycles. The Hall–Kier alpha value is -4.14. The number of para-hydroxylation sites is 1. The molecule has 1 atom stereocenters. The van der Waals surface area contributed by atoms with Gasteiger partial charge in [-0.1, -0.05) is 32.0 Å². The summed E-state index contributed by atoms with van der Waals surface area (Å²) in [7, 11) is 0. The fraction of sp³-hybridized carbons (Fsp3) is 0.379. The van der Waals surface area contributed by atoms with Crippen molar-refractivity contribution < 1.29 is 14.3 Å². The van der Waals surface area contributed by atoms with Gasteiger partial charge in [-0.3, -0.25) is 5.41 Å². The lowest BCUT2D eigenvalue weighted by molar-refractivity contribution is 0.0235. The smallest absolute Gasteiger partial charge is 0.410 e. The van der Waals surface area contributed by atoms with Crippen molar-refractivity contribution >= 4 is 23.4 Å². The van der Waals surface area contributed by atoms with E-state index in [1.165, 1.54) is 6.33 Å². The molecule has 0 saturated carbocycles. The highest BCUT2D eigenvalue weighted by molar-refractivity contribution is 6.16. The third-order valence-corrected chi connectivity index (χ3v) is 5.76. The number of aromatic nitrogens is 2. The van der Waals surface area contributed by atoms with Crippen LogP contribution in [0.15, 0.2) is 60.9 Å². The predicted molar refractivity (Wildman–Crippen MR) is 151 cm³/mol. The molecule has 1 fully saturated rings. The molecule has 4 rings (SSSR count). The third-order valence-electron chi connectivity index (χ3n) is 5.76. The number of anilines is 2. The van der Waals surface area contributed by atoms with Crippen LogP contribution in [0.3, 0.4) is 0 Å². The normalized spacial score (nSPS) is 14.8. The first-order valence-electron chi connectivity index (χ1n) is 13.0. The van der Waals surface area contributed by atoms with Crippen molar-refractivity contribution in [2.75, 3.05) is 24.1 Å². The Kier molecular flexibility index (Phi) is 9.65. The molecule has 9 nitrogen and oxygen atoms in total. The number of hydrogen-bond donors (Lipinski definition) is 3. The fourth-order valence-electron chi connectivity index (χ4n) is 4.06. The van der Waals surface area contributed by atoms with E-state index in [4.69, 9.17) is 20.6 Å². The minimum absolute atomic E-state index is 0.0486. The Morgan fingerprint density at radius 3 is 2.39 bits per heavy atom. The van der Waals surface area contributed by atoms with Gasteiger partial charge in [0.15, 0.2) is 0 Å². The molecule has 2 heterocycles. The molecule has 0 unspecified atom stereocenters. The van der Waals surface area contributed by atoms with Gasteiger partial charge in [-0.25, -0.2) is 14.8 Å². The molecule has 4 N–H and O–H groups in total. The monoisotopic (exact) mass is 518 g/mol. The van der Waals surface area contributed by atoms with Crippen LogP contribution in [0.1, 0.15) is 58.6 Å². The summed E-state index contributed by atoms with van der Waals surface area (Å²) in [6.07, 6.45) is 2.80. The van der Waals surface area contributed by atoms with E-state index in [2.05, 4.69) is 15.3 Å². The summed E-state index contributed by atoms with van der Waals surface area (Å²) in [4.78, 5) is 22.8. The highest BCUT2D eigenvalue weighted by Crippen LogP contribution is 2.26. The van der Waals surface area contributed by atoms with Crippen LogP contribution in [0.2, 0.25) is 0 Å². The molecule has 1 aliphatic heterocycles. The molecule has 1 saturated heterocycles. The summed E-state index contributed by atoms with van der Waals surface area (Å²) >= 11 is 0. The fourth-order valence-corrected chi connectivity index (χ4v) is 4.06. The van der Waals surface area contributed by atoms with Crippen LogP contribution in [-0.2, 0) is 4.74 Å². The SMILES string of the molecule is CC.CC(C)(C)OC(=O)N1CCC[C@@H]1CNc1ncnc(N)c1C(=N)c1ccc(Oc2ccccc2)cc1. The first kappa shape index (κ1) is 28.4. The van der Waals surface area contributed by atoms with E-state index in [0.717, 1.165) is 18.6 Å². The number of ether oxygens (including phenoxy) is 2. The summed E-state index contributed by atoms with van der Waals surface area (Å²) in [5.41, 5.74) is 6.88. The molecule has 1 aliphatic rings. The molecule has 1 amide bonds. The van der Waals surface area contributed by atoms with Crippen LogP contribution in [0, 0.1) is 5.41 Å². The Labute approximate surface area is 224 Å². The van der Waals surface area contributed by atoms with E-state index in [9.17, 15) is 4.79 Å². The maximum atomic E-state index is 12.6. The first-order valence-corrected chi connectivity index (χ1v) is 13.0. The zero-order valence-corrected chi connectivity index (χ0v) is 22.8. The molecule has 0 radical (unpaired) electrons. The van der Waals surface area contributed by atoms with Crippen LogP contribution in [0.4, 0.5) is 16.4 Å². The Morgan fingerprint density at radius 2 is 1.74 bits per heavy atom. The summed E-state index contributed by atoms with van der Waals surface area (Å²) in [6.45, 7) is 10.7. The molecule has 0 bridgehead atoms. The van der Waals surface area contributed by atoms with Crippen molar-refractivity contribution in [3.8, 4) is 11.5 Å². The molecule has 9 heteroatoms. The van der Waals surface area contributed by atoms with Crippen LogP contribution < -0.4 is 15.8 Å². The van der Waals surface area contributed by atoms with Gasteiger partial charge < -0.3 is 25.4 Å². The van der Waals surface area contributed by atoms with Gasteiger partial charge in [0.05, 0.1) is 17.3 Å². The largest absolute Gasteiger partial charge is 0.457 e. The molecule has 38 heavy (non-hydrogen) atoms. The second kappa shape index (κ2) is 12.9. The number of nitrogens with zero attached hydrogens (tertiary/aromatic N) is 3. The number of rotatable bonds is 7. The third kappa shape index (κ3) is 7.44. The highest BCUT2D eigenvalue weighted by atomic mass is 16.6. The van der Waals surface area contributed by atoms with Gasteiger partial charge in [0.25, 0.3) is 0 Å². The molecule has 0 spiro atoms. The number of carbonyl (C=O) groups excluding carboxylic acids is 1. The number of nitrogens with two attached hydrogens (primary N) is 1. The topological polar surface area (TPSA) is 126 Å². The van der Waals surface area contributed by atoms with Crippen LogP contribution in [-0.4, -0.2) is 51.4 Å². The van der Waals surface area contributed by atoms with Gasteiger partial charge in [-0.15, -0.1) is 0 Å². The summed E-state index contributed by atoms with van der Waals surface area (Å²) in [5, 5.41) is 12.1. The molecule has 202 valence electrons. The summed E-state index contributed by atoms with van der Waals surface area (Å²) in [6, 6.07) is 16.7. The first-order chi connectivity index (χ1) is 18.2. The molecule has 1 aromatic heterocycles. The Bertz CT molecular complexity index is 1210. The number of likely N-dealkylation sites (tertiary alicyclic amines) is 1. The van der Waals surface area contributed by atoms with E-state index >= 15 is 0 Å². The van der Waals surface area contributed by atoms with Crippen molar-refractivity contribution in [3.05, 3.63) is 72.1 Å². The number of amides is 1. The molecular formula is C29H38N6O3. The Balaban J connectivity index is 0.00000195. The van der Waals surface area contributed by atoms with Gasteiger partial charge in [0.1, 0.15) is 35.1 Å². The quantitative estimate of drug-likeness (QED) is 0.322. The van der Waals surface area contributed by atoms with E-state index < -0.39 is 5.60 Å². The van der Waals surface area contributed by atoms with Gasteiger partial charge in [-0.05, 0) is 70.0 Å². The number of benzene rings is 2. The van der Waals surface area contributed by atoms with Crippen molar-refractivity contribution in [2.45, 2.75) is 59.1 Å². The minimum atomic E-state index is -0.553. The summed E-state index contributed by atoms with van der Waals surface area (Å²) in [5.74, 6) is 2.06. The van der Waals surface area contributed by atoms with Crippen LogP contribution in [0.25, 0.3) is 0 Å². The van der Waals surface area contributed by atoms with E-state index in [0.29, 0.717) is 35.8 Å². The van der Waals surface area contributed by atoms with Crippen molar-refractivity contribution in [2.24, 2.45) is 0 Å². The predicted octanol–water partition coefficient (Wildman–Crippen LogP) is 6.10. The Morgan fingerprint density at radius 1 is 1.08 bits per heavy atom. The maximum Gasteiger partial charge on any atom is 0.410 e. The van der Waals surface area contributed by atoms with Gasteiger partial charge in [-0.2, -0.15) is 0 Å². The van der Waals surface area contributed by atoms with E-state index in [1.807, 2.05) is 65.0 Å². The second-order valence-corrected chi connectivity index (χ2v) is 9.65. The molecule has 2 aromatic carbocycles. The standard InChI is InChI=1S/C27H32N6O3.C2H6/c1-27(2,3)36-26(34)33-15-7-8-19(33)16-30-25-22(24(29)31-17-32-25)23(28)18-11-13-21(14-12-18)35-20-9-5-4-6-10-20;1-2/h4-6,9-14,17,19,28H,7-8,15-16H2,1-3H3,(H3,29,30,31,32);1-2H3/t19-;/m1./s1. The summed E-state index contributed by atoms with van der Waals surface area (Å²) < 4.78 is 11.4. The second-order valence-electron chi connectivity index (χ2n) is 9.65. The average Bonchev–Trinajstić information content (AvgIpc) is 3.37. The van der Waals surface area contributed by atoms with Gasteiger partial charge in [0.2, 0.25) is 0 Å². The van der Waals surface area contributed by atoms with Crippen LogP contribution in [0.5, 0.6) is 11.5 Å². The number of nitrogen functional groups attached to an aromatic ring is 1.